The maximum Gasteiger partial charge on any atom is 0.244 e. The summed E-state index contributed by atoms with van der Waals surface area (Å²) >= 11 is 2.88. The molecular weight excluding hydrogens is 462 g/mol. The molecule has 1 unspecified atom stereocenters. The average molecular weight is 490 g/mol. The first kappa shape index (κ1) is 24.4. The molecule has 1 aromatic carbocycles. The summed E-state index contributed by atoms with van der Waals surface area (Å²) in [5.41, 5.74) is 2.19. The van der Waals surface area contributed by atoms with Gasteiger partial charge in [-0.1, -0.05) is 61.5 Å². The van der Waals surface area contributed by atoms with Gasteiger partial charge in [0.2, 0.25) is 15.9 Å². The van der Waals surface area contributed by atoms with E-state index in [9.17, 15) is 13.2 Å². The van der Waals surface area contributed by atoms with Crippen molar-refractivity contribution in [3.8, 4) is 0 Å². The summed E-state index contributed by atoms with van der Waals surface area (Å²) < 4.78 is 26.5. The SMILES string of the molecule is CCN(CC)S(=O)(=O)c1ccc(SCC(=O)NC(c2ccc(C)cc2)c2cccs2)nc1. The molecule has 3 rings (SSSR count). The van der Waals surface area contributed by atoms with Gasteiger partial charge in [-0.2, -0.15) is 4.31 Å². The molecule has 1 amide bonds. The molecule has 2 heterocycles. The van der Waals surface area contributed by atoms with Crippen molar-refractivity contribution in [1.82, 2.24) is 14.6 Å². The molecule has 170 valence electrons. The molecule has 0 aliphatic carbocycles. The minimum atomic E-state index is -3.54. The molecule has 0 saturated heterocycles. The molecule has 0 spiro atoms. The Labute approximate surface area is 198 Å². The Kier molecular flexibility index (Phi) is 8.47. The second-order valence-electron chi connectivity index (χ2n) is 7.14. The second-order valence-corrected chi connectivity index (χ2v) is 11.0. The molecular formula is C23H27N3O3S3. The zero-order valence-electron chi connectivity index (χ0n) is 18.3. The first-order valence-corrected chi connectivity index (χ1v) is 13.6. The number of amides is 1. The van der Waals surface area contributed by atoms with E-state index in [0.717, 1.165) is 16.0 Å². The number of hydrogen-bond donors (Lipinski definition) is 1. The minimum Gasteiger partial charge on any atom is -0.344 e. The fraction of sp³-hybridized carbons (Fsp3) is 0.304. The molecule has 1 N–H and O–H groups in total. The van der Waals surface area contributed by atoms with Crippen molar-refractivity contribution >= 4 is 39.0 Å². The van der Waals surface area contributed by atoms with E-state index in [0.29, 0.717) is 18.1 Å². The molecule has 1 atom stereocenters. The molecule has 0 bridgehead atoms. The van der Waals surface area contributed by atoms with E-state index in [1.807, 2.05) is 48.7 Å². The second kappa shape index (κ2) is 11.1. The topological polar surface area (TPSA) is 79.4 Å². The maximum atomic E-state index is 12.7. The van der Waals surface area contributed by atoms with Crippen LogP contribution in [0, 0.1) is 6.92 Å². The number of thiophene rings is 1. The van der Waals surface area contributed by atoms with E-state index in [4.69, 9.17) is 0 Å². The lowest BCUT2D eigenvalue weighted by Crippen LogP contribution is -2.30. The highest BCUT2D eigenvalue weighted by molar-refractivity contribution is 7.99. The largest absolute Gasteiger partial charge is 0.344 e. The van der Waals surface area contributed by atoms with Gasteiger partial charge in [-0.05, 0) is 36.1 Å². The van der Waals surface area contributed by atoms with Gasteiger partial charge in [0.05, 0.1) is 16.8 Å². The lowest BCUT2D eigenvalue weighted by Gasteiger charge is -2.19. The van der Waals surface area contributed by atoms with Gasteiger partial charge >= 0.3 is 0 Å². The normalized spacial score (nSPS) is 12.6. The Morgan fingerprint density at radius 3 is 2.41 bits per heavy atom. The molecule has 32 heavy (non-hydrogen) atoms. The summed E-state index contributed by atoms with van der Waals surface area (Å²) in [6.45, 7) is 6.45. The number of nitrogens with one attached hydrogen (secondary N) is 1. The Morgan fingerprint density at radius 1 is 1.12 bits per heavy atom. The van der Waals surface area contributed by atoms with Gasteiger partial charge in [0.25, 0.3) is 0 Å². The van der Waals surface area contributed by atoms with Crippen molar-refractivity contribution < 1.29 is 13.2 Å². The number of sulfonamides is 1. The number of carbonyl (C=O) groups is 1. The Balaban J connectivity index is 1.65. The third kappa shape index (κ3) is 5.98. The summed E-state index contributed by atoms with van der Waals surface area (Å²) in [4.78, 5) is 18.2. The Bertz CT molecular complexity index is 1110. The summed E-state index contributed by atoms with van der Waals surface area (Å²) in [6.07, 6.45) is 1.36. The molecule has 2 aromatic heterocycles. The van der Waals surface area contributed by atoms with Crippen LogP contribution in [0.2, 0.25) is 0 Å². The van der Waals surface area contributed by atoms with Crippen LogP contribution in [0.15, 0.2) is 70.0 Å². The lowest BCUT2D eigenvalue weighted by atomic mass is 10.0. The number of rotatable bonds is 10. The standard InChI is InChI=1S/C23H27N3O3S3/c1-4-26(5-2)32(28,29)19-12-13-22(24-15-19)31-16-21(27)25-23(20-7-6-14-30-20)18-10-8-17(3)9-11-18/h6-15,23H,4-5,16H2,1-3H3,(H,25,27). The Morgan fingerprint density at radius 2 is 1.84 bits per heavy atom. The van der Waals surface area contributed by atoms with E-state index in [1.165, 1.54) is 22.3 Å². The summed E-state index contributed by atoms with van der Waals surface area (Å²) in [5.74, 6) is 0.0682. The van der Waals surface area contributed by atoms with Gasteiger partial charge in [-0.15, -0.1) is 11.3 Å². The lowest BCUT2D eigenvalue weighted by molar-refractivity contribution is -0.119. The summed E-state index contributed by atoms with van der Waals surface area (Å²) in [7, 11) is -3.54. The summed E-state index contributed by atoms with van der Waals surface area (Å²) in [6, 6.07) is 15.1. The van der Waals surface area contributed by atoms with Crippen LogP contribution in [0.5, 0.6) is 0 Å². The smallest absolute Gasteiger partial charge is 0.244 e. The number of hydrogen-bond acceptors (Lipinski definition) is 6. The highest BCUT2D eigenvalue weighted by atomic mass is 32.2. The maximum absolute atomic E-state index is 12.7. The molecule has 3 aromatic rings. The number of aryl methyl sites for hydroxylation is 1. The molecule has 9 heteroatoms. The number of carbonyl (C=O) groups excluding carboxylic acids is 1. The van der Waals surface area contributed by atoms with E-state index >= 15 is 0 Å². The fourth-order valence-electron chi connectivity index (χ4n) is 3.19. The Hall–Kier alpha value is -2.20. The average Bonchev–Trinajstić information content (AvgIpc) is 3.32. The third-order valence-electron chi connectivity index (χ3n) is 4.95. The number of aromatic nitrogens is 1. The van der Waals surface area contributed by atoms with Crippen molar-refractivity contribution in [2.45, 2.75) is 36.7 Å². The number of nitrogens with zero attached hydrogens (tertiary/aromatic N) is 2. The van der Waals surface area contributed by atoms with Crippen molar-refractivity contribution in [2.75, 3.05) is 18.8 Å². The van der Waals surface area contributed by atoms with E-state index in [-0.39, 0.29) is 22.6 Å². The molecule has 0 aliphatic rings. The van der Waals surface area contributed by atoms with E-state index in [2.05, 4.69) is 10.3 Å². The van der Waals surface area contributed by atoms with Gasteiger partial charge in [0.15, 0.2) is 0 Å². The van der Waals surface area contributed by atoms with Gasteiger partial charge in [0, 0.05) is 24.2 Å². The predicted octanol–water partition coefficient (Wildman–Crippen LogP) is 4.48. The first-order chi connectivity index (χ1) is 15.3. The van der Waals surface area contributed by atoms with Crippen LogP contribution < -0.4 is 5.32 Å². The van der Waals surface area contributed by atoms with Crippen LogP contribution in [0.1, 0.15) is 35.9 Å². The van der Waals surface area contributed by atoms with E-state index < -0.39 is 10.0 Å². The monoisotopic (exact) mass is 489 g/mol. The number of benzene rings is 1. The van der Waals surface area contributed by atoms with Crippen LogP contribution >= 0.6 is 23.1 Å². The first-order valence-electron chi connectivity index (χ1n) is 10.3. The van der Waals surface area contributed by atoms with Crippen LogP contribution in [0.25, 0.3) is 0 Å². The third-order valence-corrected chi connectivity index (χ3v) is 8.86. The van der Waals surface area contributed by atoms with Crippen LogP contribution in [-0.4, -0.2) is 42.5 Å². The van der Waals surface area contributed by atoms with Gasteiger partial charge in [-0.25, -0.2) is 13.4 Å². The van der Waals surface area contributed by atoms with Crippen LogP contribution in [0.4, 0.5) is 0 Å². The van der Waals surface area contributed by atoms with Gasteiger partial charge in [0.1, 0.15) is 4.90 Å². The quantitative estimate of drug-likeness (QED) is 0.425. The molecule has 0 saturated carbocycles. The molecule has 0 radical (unpaired) electrons. The van der Waals surface area contributed by atoms with Crippen LogP contribution in [-0.2, 0) is 14.8 Å². The van der Waals surface area contributed by atoms with Crippen molar-refractivity contribution in [3.63, 3.8) is 0 Å². The van der Waals surface area contributed by atoms with E-state index in [1.54, 1.807) is 37.3 Å². The summed E-state index contributed by atoms with van der Waals surface area (Å²) in [5, 5.41) is 5.71. The van der Waals surface area contributed by atoms with Crippen molar-refractivity contribution in [3.05, 3.63) is 76.1 Å². The van der Waals surface area contributed by atoms with Gasteiger partial charge in [-0.3, -0.25) is 4.79 Å². The zero-order chi connectivity index (χ0) is 23.1. The number of thioether (sulfide) groups is 1. The van der Waals surface area contributed by atoms with Crippen molar-refractivity contribution in [1.29, 1.82) is 0 Å². The van der Waals surface area contributed by atoms with Gasteiger partial charge < -0.3 is 5.32 Å². The molecule has 6 nitrogen and oxygen atoms in total. The van der Waals surface area contributed by atoms with Crippen molar-refractivity contribution in [2.24, 2.45) is 0 Å². The fourth-order valence-corrected chi connectivity index (χ4v) is 6.05. The molecule has 0 aliphatic heterocycles. The number of pyridine rings is 1. The highest BCUT2D eigenvalue weighted by Crippen LogP contribution is 2.27. The zero-order valence-corrected chi connectivity index (χ0v) is 20.8. The minimum absolute atomic E-state index is 0.115. The predicted molar refractivity (Wildman–Crippen MR) is 131 cm³/mol. The highest BCUT2D eigenvalue weighted by Gasteiger charge is 2.22. The van der Waals surface area contributed by atoms with Crippen LogP contribution in [0.3, 0.4) is 0 Å². The molecule has 0 fully saturated rings.